The second-order valence-electron chi connectivity index (χ2n) is 5.87. The van der Waals surface area contributed by atoms with E-state index < -0.39 is 5.60 Å². The lowest BCUT2D eigenvalue weighted by molar-refractivity contribution is -0.150. The predicted molar refractivity (Wildman–Crippen MR) is 68.5 cm³/mol. The highest BCUT2D eigenvalue weighted by molar-refractivity contribution is 5.72. The smallest absolute Gasteiger partial charge is 0.308 e. The number of hydrogen-bond donors (Lipinski definition) is 2. The Morgan fingerprint density at radius 1 is 1.35 bits per heavy atom. The summed E-state index contributed by atoms with van der Waals surface area (Å²) >= 11 is 0. The van der Waals surface area contributed by atoms with Gasteiger partial charge >= 0.3 is 5.97 Å². The maximum absolute atomic E-state index is 11.6. The highest BCUT2D eigenvalue weighted by Gasteiger charge is 2.20. The molecule has 0 aromatic heterocycles. The molecule has 17 heavy (non-hydrogen) atoms. The van der Waals surface area contributed by atoms with Gasteiger partial charge in [-0.3, -0.25) is 4.79 Å². The normalized spacial score (nSPS) is 17.4. The Balaban J connectivity index is 3.91. The SMILES string of the molecule is CC(N)CC(C)C(=O)OCC(C)CC(C)(C)O. The van der Waals surface area contributed by atoms with E-state index >= 15 is 0 Å². The van der Waals surface area contributed by atoms with E-state index in [1.54, 1.807) is 13.8 Å². The number of carbonyl (C=O) groups excluding carboxylic acids is 1. The van der Waals surface area contributed by atoms with Gasteiger partial charge in [-0.25, -0.2) is 0 Å². The predicted octanol–water partition coefficient (Wildman–Crippen LogP) is 1.70. The highest BCUT2D eigenvalue weighted by Crippen LogP contribution is 2.16. The molecule has 3 unspecified atom stereocenters. The molecule has 0 amide bonds. The van der Waals surface area contributed by atoms with E-state index in [1.165, 1.54) is 0 Å². The molecule has 4 heteroatoms. The zero-order valence-electron chi connectivity index (χ0n) is 11.7. The van der Waals surface area contributed by atoms with Crippen LogP contribution in [-0.2, 0) is 9.53 Å². The summed E-state index contributed by atoms with van der Waals surface area (Å²) in [5, 5.41) is 9.62. The van der Waals surface area contributed by atoms with E-state index in [0.717, 1.165) is 0 Å². The second-order valence-corrected chi connectivity index (χ2v) is 5.87. The van der Waals surface area contributed by atoms with Crippen molar-refractivity contribution in [2.24, 2.45) is 17.6 Å². The van der Waals surface area contributed by atoms with Crippen LogP contribution in [0.5, 0.6) is 0 Å². The van der Waals surface area contributed by atoms with Crippen molar-refractivity contribution in [2.45, 2.75) is 59.1 Å². The standard InChI is InChI=1S/C13H27NO3/c1-9(7-13(4,5)16)8-17-12(15)10(2)6-11(3)14/h9-11,16H,6-8,14H2,1-5H3. The van der Waals surface area contributed by atoms with Gasteiger partial charge in [-0.05, 0) is 39.5 Å². The lowest BCUT2D eigenvalue weighted by atomic mass is 9.95. The first-order chi connectivity index (χ1) is 7.61. The van der Waals surface area contributed by atoms with Crippen molar-refractivity contribution in [3.8, 4) is 0 Å². The molecule has 3 atom stereocenters. The third-order valence-corrected chi connectivity index (χ3v) is 2.49. The summed E-state index contributed by atoms with van der Waals surface area (Å²) in [4.78, 5) is 11.6. The van der Waals surface area contributed by atoms with E-state index in [0.29, 0.717) is 19.4 Å². The minimum absolute atomic E-state index is 0.00588. The fourth-order valence-electron chi connectivity index (χ4n) is 1.93. The van der Waals surface area contributed by atoms with Crippen LogP contribution in [0.4, 0.5) is 0 Å². The molecule has 0 aromatic rings. The summed E-state index contributed by atoms with van der Waals surface area (Å²) in [5.41, 5.74) is 4.91. The third kappa shape index (κ3) is 9.12. The summed E-state index contributed by atoms with van der Waals surface area (Å²) < 4.78 is 5.21. The van der Waals surface area contributed by atoms with Crippen LogP contribution >= 0.6 is 0 Å². The van der Waals surface area contributed by atoms with E-state index in [2.05, 4.69) is 0 Å². The summed E-state index contributed by atoms with van der Waals surface area (Å²) in [6.45, 7) is 9.52. The van der Waals surface area contributed by atoms with Crippen molar-refractivity contribution in [3.63, 3.8) is 0 Å². The lowest BCUT2D eigenvalue weighted by Crippen LogP contribution is -2.27. The van der Waals surface area contributed by atoms with E-state index in [1.807, 2.05) is 20.8 Å². The molecule has 0 aliphatic heterocycles. The van der Waals surface area contributed by atoms with Crippen molar-refractivity contribution in [2.75, 3.05) is 6.61 Å². The molecule has 0 aliphatic rings. The van der Waals surface area contributed by atoms with E-state index in [-0.39, 0.29) is 23.8 Å². The number of hydrogen-bond acceptors (Lipinski definition) is 4. The molecule has 0 spiro atoms. The molecule has 102 valence electrons. The zero-order chi connectivity index (χ0) is 13.6. The maximum Gasteiger partial charge on any atom is 0.308 e. The van der Waals surface area contributed by atoms with Gasteiger partial charge in [0, 0.05) is 6.04 Å². The molecule has 0 aromatic carbocycles. The zero-order valence-corrected chi connectivity index (χ0v) is 11.7. The number of carbonyl (C=O) groups is 1. The highest BCUT2D eigenvalue weighted by atomic mass is 16.5. The molecule has 0 radical (unpaired) electrons. The van der Waals surface area contributed by atoms with E-state index in [9.17, 15) is 9.90 Å². The van der Waals surface area contributed by atoms with Gasteiger partial charge in [0.1, 0.15) is 0 Å². The van der Waals surface area contributed by atoms with Crippen LogP contribution in [0.15, 0.2) is 0 Å². The van der Waals surface area contributed by atoms with Gasteiger partial charge < -0.3 is 15.6 Å². The van der Waals surface area contributed by atoms with Crippen molar-refractivity contribution in [1.29, 1.82) is 0 Å². The van der Waals surface area contributed by atoms with Crippen molar-refractivity contribution in [1.82, 2.24) is 0 Å². The third-order valence-electron chi connectivity index (χ3n) is 2.49. The Morgan fingerprint density at radius 3 is 2.29 bits per heavy atom. The topological polar surface area (TPSA) is 72.6 Å². The molecular weight excluding hydrogens is 218 g/mol. The fraction of sp³-hybridized carbons (Fsp3) is 0.923. The largest absolute Gasteiger partial charge is 0.465 e. The average Bonchev–Trinajstić information content (AvgIpc) is 2.10. The van der Waals surface area contributed by atoms with Crippen LogP contribution < -0.4 is 5.73 Å². The Morgan fingerprint density at radius 2 is 1.88 bits per heavy atom. The van der Waals surface area contributed by atoms with Gasteiger partial charge in [-0.1, -0.05) is 13.8 Å². The Bertz CT molecular complexity index is 233. The molecule has 0 fully saturated rings. The quantitative estimate of drug-likeness (QED) is 0.670. The molecule has 4 nitrogen and oxygen atoms in total. The Kier molecular flexibility index (Phi) is 6.72. The van der Waals surface area contributed by atoms with Crippen molar-refractivity contribution < 1.29 is 14.6 Å². The van der Waals surface area contributed by atoms with Crippen LogP contribution in [0.3, 0.4) is 0 Å². The second kappa shape index (κ2) is 6.97. The molecule has 0 rings (SSSR count). The first kappa shape index (κ1) is 16.4. The maximum atomic E-state index is 11.6. The van der Waals surface area contributed by atoms with Gasteiger partial charge in [0.2, 0.25) is 0 Å². The molecule has 0 heterocycles. The van der Waals surface area contributed by atoms with Crippen LogP contribution in [0.1, 0.15) is 47.5 Å². The van der Waals surface area contributed by atoms with Gasteiger partial charge in [-0.2, -0.15) is 0 Å². The van der Waals surface area contributed by atoms with Gasteiger partial charge in [0.15, 0.2) is 0 Å². The lowest BCUT2D eigenvalue weighted by Gasteiger charge is -2.22. The molecule has 0 saturated heterocycles. The van der Waals surface area contributed by atoms with Gasteiger partial charge in [-0.15, -0.1) is 0 Å². The van der Waals surface area contributed by atoms with Gasteiger partial charge in [0.25, 0.3) is 0 Å². The Labute approximate surface area is 105 Å². The van der Waals surface area contributed by atoms with Crippen molar-refractivity contribution in [3.05, 3.63) is 0 Å². The van der Waals surface area contributed by atoms with E-state index in [4.69, 9.17) is 10.5 Å². The average molecular weight is 245 g/mol. The molecule has 0 bridgehead atoms. The molecular formula is C13H27NO3. The van der Waals surface area contributed by atoms with Crippen LogP contribution in [0.2, 0.25) is 0 Å². The number of nitrogens with two attached hydrogens (primary N) is 1. The summed E-state index contributed by atoms with van der Waals surface area (Å²) in [7, 11) is 0. The minimum atomic E-state index is -0.719. The Hall–Kier alpha value is -0.610. The number of esters is 1. The first-order valence-electron chi connectivity index (χ1n) is 6.26. The van der Waals surface area contributed by atoms with Crippen LogP contribution in [0, 0.1) is 11.8 Å². The number of ether oxygens (including phenoxy) is 1. The minimum Gasteiger partial charge on any atom is -0.465 e. The van der Waals surface area contributed by atoms with Gasteiger partial charge in [0.05, 0.1) is 18.1 Å². The number of rotatable bonds is 7. The molecule has 0 saturated carbocycles. The fourth-order valence-corrected chi connectivity index (χ4v) is 1.93. The summed E-state index contributed by atoms with van der Waals surface area (Å²) in [6, 6.07) is 0.00588. The van der Waals surface area contributed by atoms with Crippen LogP contribution in [-0.4, -0.2) is 29.3 Å². The van der Waals surface area contributed by atoms with Crippen LogP contribution in [0.25, 0.3) is 0 Å². The molecule has 3 N–H and O–H groups in total. The number of aliphatic hydroxyl groups is 1. The first-order valence-corrected chi connectivity index (χ1v) is 6.26. The van der Waals surface area contributed by atoms with Crippen molar-refractivity contribution >= 4 is 5.97 Å². The molecule has 0 aliphatic carbocycles. The summed E-state index contributed by atoms with van der Waals surface area (Å²) in [5.74, 6) is -0.212. The summed E-state index contributed by atoms with van der Waals surface area (Å²) in [6.07, 6.45) is 1.25. The monoisotopic (exact) mass is 245 g/mol.